The molecule has 0 unspecified atom stereocenters. The van der Waals surface area contributed by atoms with Gasteiger partial charge in [0.2, 0.25) is 0 Å². The van der Waals surface area contributed by atoms with Crippen molar-refractivity contribution in [2.45, 2.75) is 25.9 Å². The second-order valence-electron chi connectivity index (χ2n) is 5.43. The van der Waals surface area contributed by atoms with Crippen LogP contribution in [0.1, 0.15) is 25.0 Å². The molecule has 0 N–H and O–H groups in total. The molecule has 102 valence electrons. The first-order valence-corrected chi connectivity index (χ1v) is 6.46. The molecule has 0 saturated carbocycles. The van der Waals surface area contributed by atoms with Crippen molar-refractivity contribution in [1.29, 1.82) is 5.26 Å². The van der Waals surface area contributed by atoms with Crippen molar-refractivity contribution < 1.29 is 9.47 Å². The summed E-state index contributed by atoms with van der Waals surface area (Å²) in [6, 6.07) is 7.90. The second kappa shape index (κ2) is 5.60. The summed E-state index contributed by atoms with van der Waals surface area (Å²) < 4.78 is 10.8. The smallest absolute Gasteiger partial charge is 0.136 e. The molecule has 0 spiro atoms. The first kappa shape index (κ1) is 13.9. The van der Waals surface area contributed by atoms with Crippen LogP contribution in [-0.2, 0) is 11.3 Å². The van der Waals surface area contributed by atoms with Crippen molar-refractivity contribution >= 4 is 0 Å². The molecule has 0 aliphatic carbocycles. The topological polar surface area (TPSA) is 45.5 Å². The van der Waals surface area contributed by atoms with Crippen molar-refractivity contribution in [3.05, 3.63) is 29.3 Å². The summed E-state index contributed by atoms with van der Waals surface area (Å²) in [6.07, 6.45) is 0. The fraction of sp³-hybridized carbons (Fsp3) is 0.533. The van der Waals surface area contributed by atoms with Gasteiger partial charge in [0.05, 0.1) is 25.9 Å². The van der Waals surface area contributed by atoms with Gasteiger partial charge in [-0.15, -0.1) is 0 Å². The lowest BCUT2D eigenvalue weighted by atomic mass is 10.0. The molecule has 1 aliphatic rings. The zero-order valence-corrected chi connectivity index (χ0v) is 11.8. The maximum atomic E-state index is 8.99. The Kier molecular flexibility index (Phi) is 4.08. The molecular weight excluding hydrogens is 240 g/mol. The van der Waals surface area contributed by atoms with Crippen LogP contribution in [0, 0.1) is 11.3 Å². The summed E-state index contributed by atoms with van der Waals surface area (Å²) in [5, 5.41) is 8.99. The van der Waals surface area contributed by atoms with E-state index >= 15 is 0 Å². The van der Waals surface area contributed by atoms with Crippen molar-refractivity contribution in [1.82, 2.24) is 4.90 Å². The van der Waals surface area contributed by atoms with Gasteiger partial charge in [-0.3, -0.25) is 4.90 Å². The molecule has 0 atom stereocenters. The number of nitriles is 1. The predicted octanol–water partition coefficient (Wildman–Crippen LogP) is 2.18. The van der Waals surface area contributed by atoms with Gasteiger partial charge in [0.15, 0.2) is 0 Å². The number of nitrogens with zero attached hydrogens (tertiary/aromatic N) is 2. The van der Waals surface area contributed by atoms with Gasteiger partial charge in [-0.05, 0) is 31.5 Å². The van der Waals surface area contributed by atoms with E-state index in [9.17, 15) is 0 Å². The van der Waals surface area contributed by atoms with Crippen LogP contribution in [0.2, 0.25) is 0 Å². The summed E-state index contributed by atoms with van der Waals surface area (Å²) >= 11 is 0. The van der Waals surface area contributed by atoms with Crippen LogP contribution >= 0.6 is 0 Å². The summed E-state index contributed by atoms with van der Waals surface area (Å²) in [6.45, 7) is 7.67. The third-order valence-electron chi connectivity index (χ3n) is 3.58. The first-order valence-electron chi connectivity index (χ1n) is 6.46. The molecule has 0 aromatic heterocycles. The Morgan fingerprint density at radius 3 is 2.89 bits per heavy atom. The van der Waals surface area contributed by atoms with Gasteiger partial charge < -0.3 is 9.47 Å². The predicted molar refractivity (Wildman–Crippen MR) is 73.0 cm³/mol. The Morgan fingerprint density at radius 1 is 1.47 bits per heavy atom. The SMILES string of the molecule is COc1cc(CN2CCOCC2(C)C)ccc1C#N. The number of methoxy groups -OCH3 is 1. The van der Waals surface area contributed by atoms with Crippen molar-refractivity contribution in [3.63, 3.8) is 0 Å². The maximum Gasteiger partial charge on any atom is 0.136 e. The molecule has 19 heavy (non-hydrogen) atoms. The lowest BCUT2D eigenvalue weighted by Gasteiger charge is -2.42. The number of hydrogen-bond donors (Lipinski definition) is 0. The highest BCUT2D eigenvalue weighted by molar-refractivity contribution is 5.45. The normalized spacial score (nSPS) is 18.8. The third-order valence-corrected chi connectivity index (χ3v) is 3.58. The average Bonchev–Trinajstić information content (AvgIpc) is 2.41. The van der Waals surface area contributed by atoms with Crippen LogP contribution in [0.3, 0.4) is 0 Å². The van der Waals surface area contributed by atoms with Crippen molar-refractivity contribution in [2.75, 3.05) is 26.9 Å². The monoisotopic (exact) mass is 260 g/mol. The number of morpholine rings is 1. The molecule has 1 aliphatic heterocycles. The van der Waals surface area contributed by atoms with Crippen LogP contribution in [0.25, 0.3) is 0 Å². The zero-order chi connectivity index (χ0) is 13.9. The molecule has 2 rings (SSSR count). The molecule has 1 saturated heterocycles. The van der Waals surface area contributed by atoms with E-state index in [2.05, 4.69) is 24.8 Å². The van der Waals surface area contributed by atoms with Crippen LogP contribution < -0.4 is 4.74 Å². The van der Waals surface area contributed by atoms with Gasteiger partial charge in [-0.25, -0.2) is 0 Å². The van der Waals surface area contributed by atoms with E-state index in [4.69, 9.17) is 14.7 Å². The molecule has 1 aromatic carbocycles. The van der Waals surface area contributed by atoms with Crippen molar-refractivity contribution in [3.8, 4) is 11.8 Å². The molecule has 1 heterocycles. The van der Waals surface area contributed by atoms with Gasteiger partial charge in [0, 0.05) is 18.6 Å². The second-order valence-corrected chi connectivity index (χ2v) is 5.43. The third kappa shape index (κ3) is 3.06. The van der Waals surface area contributed by atoms with Gasteiger partial charge >= 0.3 is 0 Å². The van der Waals surface area contributed by atoms with E-state index in [-0.39, 0.29) is 5.54 Å². The highest BCUT2D eigenvalue weighted by Gasteiger charge is 2.30. The Bertz CT molecular complexity index is 491. The standard InChI is InChI=1S/C15H20N2O2/c1-15(2)11-19-7-6-17(15)10-12-4-5-13(9-16)14(8-12)18-3/h4-5,8H,6-7,10-11H2,1-3H3. The Balaban J connectivity index is 2.17. The summed E-state index contributed by atoms with van der Waals surface area (Å²) in [5.74, 6) is 0.645. The molecule has 4 nitrogen and oxygen atoms in total. The quantitative estimate of drug-likeness (QED) is 0.835. The van der Waals surface area contributed by atoms with Gasteiger partial charge in [0.1, 0.15) is 11.8 Å². The Labute approximate surface area is 114 Å². The molecular formula is C15H20N2O2. The Morgan fingerprint density at radius 2 is 2.26 bits per heavy atom. The fourth-order valence-corrected chi connectivity index (χ4v) is 2.33. The Hall–Kier alpha value is -1.57. The van der Waals surface area contributed by atoms with E-state index in [1.807, 2.05) is 18.2 Å². The zero-order valence-electron chi connectivity index (χ0n) is 11.8. The van der Waals surface area contributed by atoms with Crippen LogP contribution in [0.15, 0.2) is 18.2 Å². The molecule has 0 amide bonds. The molecule has 0 radical (unpaired) electrons. The van der Waals surface area contributed by atoms with E-state index in [0.717, 1.165) is 31.9 Å². The largest absolute Gasteiger partial charge is 0.495 e. The summed E-state index contributed by atoms with van der Waals surface area (Å²) in [5.41, 5.74) is 1.78. The lowest BCUT2D eigenvalue weighted by Crippen LogP contribution is -2.52. The van der Waals surface area contributed by atoms with Crippen molar-refractivity contribution in [2.24, 2.45) is 0 Å². The minimum Gasteiger partial charge on any atom is -0.495 e. The van der Waals surface area contributed by atoms with Crippen LogP contribution in [0.5, 0.6) is 5.75 Å². The maximum absolute atomic E-state index is 8.99. The van der Waals surface area contributed by atoms with Gasteiger partial charge in [-0.1, -0.05) is 6.07 Å². The van der Waals surface area contributed by atoms with E-state index in [0.29, 0.717) is 11.3 Å². The van der Waals surface area contributed by atoms with E-state index in [1.54, 1.807) is 7.11 Å². The molecule has 1 aromatic rings. The molecule has 1 fully saturated rings. The van der Waals surface area contributed by atoms with E-state index in [1.165, 1.54) is 0 Å². The van der Waals surface area contributed by atoms with Gasteiger partial charge in [0.25, 0.3) is 0 Å². The highest BCUT2D eigenvalue weighted by Crippen LogP contribution is 2.24. The summed E-state index contributed by atoms with van der Waals surface area (Å²) in [4.78, 5) is 2.40. The number of ether oxygens (including phenoxy) is 2. The van der Waals surface area contributed by atoms with Crippen LogP contribution in [-0.4, -0.2) is 37.3 Å². The summed E-state index contributed by atoms with van der Waals surface area (Å²) in [7, 11) is 1.60. The number of benzene rings is 1. The molecule has 0 bridgehead atoms. The van der Waals surface area contributed by atoms with Crippen LogP contribution in [0.4, 0.5) is 0 Å². The number of rotatable bonds is 3. The number of hydrogen-bond acceptors (Lipinski definition) is 4. The lowest BCUT2D eigenvalue weighted by molar-refractivity contribution is -0.0552. The minimum absolute atomic E-state index is 0.0411. The average molecular weight is 260 g/mol. The molecule has 4 heteroatoms. The highest BCUT2D eigenvalue weighted by atomic mass is 16.5. The minimum atomic E-state index is 0.0411. The van der Waals surface area contributed by atoms with E-state index < -0.39 is 0 Å². The fourth-order valence-electron chi connectivity index (χ4n) is 2.33. The first-order chi connectivity index (χ1) is 9.06. The van der Waals surface area contributed by atoms with Gasteiger partial charge in [-0.2, -0.15) is 5.26 Å².